The van der Waals surface area contributed by atoms with Gasteiger partial charge in [0.15, 0.2) is 0 Å². The minimum Gasteiger partial charge on any atom is -0.255 e. The summed E-state index contributed by atoms with van der Waals surface area (Å²) in [5.41, 5.74) is 10.5. The molecule has 0 saturated heterocycles. The number of aromatic nitrogens is 4. The van der Waals surface area contributed by atoms with E-state index in [9.17, 15) is 0 Å². The van der Waals surface area contributed by atoms with Crippen LogP contribution in [-0.2, 0) is 0 Å². The van der Waals surface area contributed by atoms with Crippen LogP contribution in [0.15, 0.2) is 97.6 Å². The number of benzene rings is 1. The Morgan fingerprint density at radius 2 is 0.906 bits per heavy atom. The van der Waals surface area contributed by atoms with E-state index in [1.807, 2.05) is 60.9 Å². The number of aryl methyl sites for hydroxylation is 2. The highest BCUT2D eigenvalue weighted by Crippen LogP contribution is 2.32. The maximum Gasteiger partial charge on any atom is 0.0886 e. The summed E-state index contributed by atoms with van der Waals surface area (Å²) in [7, 11) is 0. The second kappa shape index (κ2) is 8.52. The van der Waals surface area contributed by atoms with Gasteiger partial charge in [-0.2, -0.15) is 0 Å². The number of rotatable bonds is 4. The molecule has 5 aromatic rings. The summed E-state index contributed by atoms with van der Waals surface area (Å²) < 4.78 is 0. The molecule has 0 N–H and O–H groups in total. The van der Waals surface area contributed by atoms with E-state index in [1.165, 1.54) is 22.3 Å². The van der Waals surface area contributed by atoms with Crippen molar-refractivity contribution < 1.29 is 0 Å². The van der Waals surface area contributed by atoms with Gasteiger partial charge >= 0.3 is 0 Å². The van der Waals surface area contributed by atoms with Crippen LogP contribution in [0.3, 0.4) is 0 Å². The van der Waals surface area contributed by atoms with Gasteiger partial charge in [-0.05, 0) is 72.5 Å². The minimum absolute atomic E-state index is 0.874. The number of hydrogen-bond donors (Lipinski definition) is 0. The van der Waals surface area contributed by atoms with Gasteiger partial charge in [0, 0.05) is 35.9 Å². The molecule has 0 radical (unpaired) electrons. The van der Waals surface area contributed by atoms with Crippen LogP contribution in [0.5, 0.6) is 0 Å². The molecule has 4 aromatic heterocycles. The molecule has 0 fully saturated rings. The van der Waals surface area contributed by atoms with E-state index in [1.54, 1.807) is 12.4 Å². The molecule has 0 aliphatic heterocycles. The van der Waals surface area contributed by atoms with Crippen LogP contribution >= 0.6 is 0 Å². The summed E-state index contributed by atoms with van der Waals surface area (Å²) in [6, 6.07) is 24.5. The van der Waals surface area contributed by atoms with E-state index < -0.39 is 0 Å². The first kappa shape index (κ1) is 19.8. The predicted octanol–water partition coefficient (Wildman–Crippen LogP) is 6.55. The Bertz CT molecular complexity index is 1240. The molecule has 0 amide bonds. The van der Waals surface area contributed by atoms with Crippen LogP contribution in [0.4, 0.5) is 0 Å². The van der Waals surface area contributed by atoms with Gasteiger partial charge in [0.05, 0.1) is 22.8 Å². The summed E-state index contributed by atoms with van der Waals surface area (Å²) in [6.45, 7) is 4.28. The molecule has 4 heteroatoms. The van der Waals surface area contributed by atoms with Crippen LogP contribution in [0.1, 0.15) is 11.1 Å². The minimum atomic E-state index is 0.874. The molecule has 154 valence electrons. The van der Waals surface area contributed by atoms with Gasteiger partial charge in [-0.1, -0.05) is 36.4 Å². The van der Waals surface area contributed by atoms with Crippen molar-refractivity contribution in [1.82, 2.24) is 19.9 Å². The smallest absolute Gasteiger partial charge is 0.0886 e. The lowest BCUT2D eigenvalue weighted by atomic mass is 9.93. The quantitative estimate of drug-likeness (QED) is 0.334. The van der Waals surface area contributed by atoms with Gasteiger partial charge in [0.25, 0.3) is 0 Å². The molecular weight excluding hydrogens is 392 g/mol. The molecule has 4 nitrogen and oxygen atoms in total. The second-order valence-corrected chi connectivity index (χ2v) is 7.78. The summed E-state index contributed by atoms with van der Waals surface area (Å²) in [4.78, 5) is 18.0. The van der Waals surface area contributed by atoms with Gasteiger partial charge in [-0.25, -0.2) is 0 Å². The van der Waals surface area contributed by atoms with Gasteiger partial charge in [0.2, 0.25) is 0 Å². The Hall–Kier alpha value is -4.18. The summed E-state index contributed by atoms with van der Waals surface area (Å²) >= 11 is 0. The highest BCUT2D eigenvalue weighted by molar-refractivity contribution is 5.77. The van der Waals surface area contributed by atoms with Crippen molar-refractivity contribution in [1.29, 1.82) is 0 Å². The summed E-state index contributed by atoms with van der Waals surface area (Å²) in [6.07, 6.45) is 7.42. The van der Waals surface area contributed by atoms with Crippen molar-refractivity contribution in [3.8, 4) is 45.0 Å². The molecule has 0 saturated carbocycles. The highest BCUT2D eigenvalue weighted by Gasteiger charge is 2.11. The van der Waals surface area contributed by atoms with Crippen molar-refractivity contribution in [3.05, 3.63) is 109 Å². The third-order valence-corrected chi connectivity index (χ3v) is 5.57. The largest absolute Gasteiger partial charge is 0.255 e. The molecule has 4 heterocycles. The fraction of sp³-hybridized carbons (Fsp3) is 0.0714. The Labute approximate surface area is 187 Å². The average Bonchev–Trinajstić information content (AvgIpc) is 2.86. The molecule has 32 heavy (non-hydrogen) atoms. The number of hydrogen-bond acceptors (Lipinski definition) is 4. The lowest BCUT2D eigenvalue weighted by Gasteiger charge is -2.13. The third kappa shape index (κ3) is 3.91. The van der Waals surface area contributed by atoms with Crippen molar-refractivity contribution >= 4 is 0 Å². The summed E-state index contributed by atoms with van der Waals surface area (Å²) in [5.74, 6) is 0. The van der Waals surface area contributed by atoms with Crippen LogP contribution in [0.25, 0.3) is 45.0 Å². The van der Waals surface area contributed by atoms with Crippen LogP contribution < -0.4 is 0 Å². The van der Waals surface area contributed by atoms with Gasteiger partial charge in [-0.3, -0.25) is 19.9 Å². The zero-order valence-corrected chi connectivity index (χ0v) is 18.0. The lowest BCUT2D eigenvalue weighted by Crippen LogP contribution is -1.93. The SMILES string of the molecule is Cc1cc(-c2ccc(-c3ccccn3)nc2)c(C)cc1-c1ccc(-c2ccccn2)nc1. The summed E-state index contributed by atoms with van der Waals surface area (Å²) in [5, 5.41) is 0. The Morgan fingerprint density at radius 1 is 0.469 bits per heavy atom. The topological polar surface area (TPSA) is 51.6 Å². The zero-order chi connectivity index (χ0) is 21.9. The van der Waals surface area contributed by atoms with Crippen molar-refractivity contribution in [3.63, 3.8) is 0 Å². The van der Waals surface area contributed by atoms with E-state index in [4.69, 9.17) is 0 Å². The molecular formula is C28H22N4. The van der Waals surface area contributed by atoms with Gasteiger partial charge in [-0.15, -0.1) is 0 Å². The van der Waals surface area contributed by atoms with Crippen molar-refractivity contribution in [2.45, 2.75) is 13.8 Å². The van der Waals surface area contributed by atoms with Crippen LogP contribution in [0.2, 0.25) is 0 Å². The molecule has 0 unspecified atom stereocenters. The third-order valence-electron chi connectivity index (χ3n) is 5.57. The molecule has 0 bridgehead atoms. The molecule has 0 aliphatic carbocycles. The highest BCUT2D eigenvalue weighted by atomic mass is 14.8. The first-order valence-corrected chi connectivity index (χ1v) is 10.6. The number of nitrogens with zero attached hydrogens (tertiary/aromatic N) is 4. The Morgan fingerprint density at radius 3 is 1.25 bits per heavy atom. The molecule has 5 rings (SSSR count). The van der Waals surface area contributed by atoms with E-state index in [-0.39, 0.29) is 0 Å². The lowest BCUT2D eigenvalue weighted by molar-refractivity contribution is 1.24. The maximum atomic E-state index is 4.64. The zero-order valence-electron chi connectivity index (χ0n) is 18.0. The second-order valence-electron chi connectivity index (χ2n) is 7.78. The Kier molecular flexibility index (Phi) is 5.26. The monoisotopic (exact) mass is 414 g/mol. The van der Waals surface area contributed by atoms with Gasteiger partial charge in [0.1, 0.15) is 0 Å². The van der Waals surface area contributed by atoms with E-state index in [0.717, 1.165) is 33.9 Å². The fourth-order valence-corrected chi connectivity index (χ4v) is 3.88. The standard InChI is InChI=1S/C28H22N4/c1-19-15-24(22-10-12-28(32-18-22)26-8-4-6-14-30-26)20(2)16-23(19)21-9-11-27(31-17-21)25-7-3-5-13-29-25/h3-18H,1-2H3. The molecule has 1 aromatic carbocycles. The fourth-order valence-electron chi connectivity index (χ4n) is 3.88. The molecule has 0 aliphatic rings. The maximum absolute atomic E-state index is 4.64. The van der Waals surface area contributed by atoms with Crippen LogP contribution in [0, 0.1) is 13.8 Å². The van der Waals surface area contributed by atoms with Crippen LogP contribution in [-0.4, -0.2) is 19.9 Å². The van der Waals surface area contributed by atoms with Gasteiger partial charge < -0.3 is 0 Å². The molecule has 0 spiro atoms. The molecule has 0 atom stereocenters. The number of pyridine rings is 4. The van der Waals surface area contributed by atoms with E-state index in [2.05, 4.69) is 58.0 Å². The van der Waals surface area contributed by atoms with E-state index >= 15 is 0 Å². The normalized spacial score (nSPS) is 10.8. The Balaban J connectivity index is 1.45. The van der Waals surface area contributed by atoms with Crippen molar-refractivity contribution in [2.24, 2.45) is 0 Å². The predicted molar refractivity (Wildman–Crippen MR) is 129 cm³/mol. The first-order valence-electron chi connectivity index (χ1n) is 10.6. The van der Waals surface area contributed by atoms with Crippen molar-refractivity contribution in [2.75, 3.05) is 0 Å². The average molecular weight is 415 g/mol. The first-order chi connectivity index (χ1) is 15.7. The van der Waals surface area contributed by atoms with E-state index in [0.29, 0.717) is 0 Å².